The van der Waals surface area contributed by atoms with Crippen LogP contribution in [0.5, 0.6) is 0 Å². The molecule has 2 nitrogen and oxygen atoms in total. The summed E-state index contributed by atoms with van der Waals surface area (Å²) in [4.78, 5) is 0. The lowest BCUT2D eigenvalue weighted by molar-refractivity contribution is 0.0368. The van der Waals surface area contributed by atoms with Crippen LogP contribution in [0.15, 0.2) is 24.3 Å². The second-order valence-electron chi connectivity index (χ2n) is 5.56. The molecule has 1 aliphatic carbocycles. The molecule has 92 valence electrons. The third kappa shape index (κ3) is 2.12. The third-order valence-electron chi connectivity index (χ3n) is 4.26. The van der Waals surface area contributed by atoms with Crippen LogP contribution in [-0.2, 0) is 11.2 Å². The van der Waals surface area contributed by atoms with Gasteiger partial charge in [-0.3, -0.25) is 0 Å². The number of benzene rings is 1. The first-order valence-corrected chi connectivity index (χ1v) is 6.73. The Morgan fingerprint density at radius 2 is 2.18 bits per heavy atom. The van der Waals surface area contributed by atoms with Crippen molar-refractivity contribution in [1.82, 2.24) is 0 Å². The first kappa shape index (κ1) is 11.2. The largest absolute Gasteiger partial charge is 0.374 e. The van der Waals surface area contributed by atoms with Crippen molar-refractivity contribution >= 4 is 0 Å². The van der Waals surface area contributed by atoms with E-state index in [1.54, 1.807) is 0 Å². The standard InChI is InChI=1S/C15H21NO/c1-10-6-7-15(17-10)14(16)9-12-8-11-4-2-3-5-13(11)12/h2-5,10,12,14-15H,6-9,16H2,1H3. The van der Waals surface area contributed by atoms with Crippen LogP contribution in [0.25, 0.3) is 0 Å². The van der Waals surface area contributed by atoms with Crippen molar-refractivity contribution in [3.8, 4) is 0 Å². The number of nitrogens with two attached hydrogens (primary N) is 1. The van der Waals surface area contributed by atoms with Gasteiger partial charge in [-0.1, -0.05) is 24.3 Å². The zero-order chi connectivity index (χ0) is 11.8. The Bertz CT molecular complexity index is 404. The molecule has 0 saturated carbocycles. The van der Waals surface area contributed by atoms with Crippen LogP contribution < -0.4 is 5.73 Å². The molecule has 0 spiro atoms. The lowest BCUT2D eigenvalue weighted by atomic mass is 9.74. The molecule has 3 rings (SSSR count). The SMILES string of the molecule is CC1CCC(C(N)CC2Cc3ccccc32)O1. The van der Waals surface area contributed by atoms with Crippen molar-refractivity contribution in [2.24, 2.45) is 5.73 Å². The Morgan fingerprint density at radius 3 is 2.88 bits per heavy atom. The first-order valence-electron chi connectivity index (χ1n) is 6.73. The van der Waals surface area contributed by atoms with E-state index in [0.717, 1.165) is 12.8 Å². The van der Waals surface area contributed by atoms with Crippen molar-refractivity contribution < 1.29 is 4.74 Å². The van der Waals surface area contributed by atoms with E-state index in [-0.39, 0.29) is 12.1 Å². The molecule has 0 bridgehead atoms. The van der Waals surface area contributed by atoms with Crippen molar-refractivity contribution in [2.45, 2.75) is 56.8 Å². The predicted molar refractivity (Wildman–Crippen MR) is 69.0 cm³/mol. The molecule has 1 saturated heterocycles. The summed E-state index contributed by atoms with van der Waals surface area (Å²) in [5.74, 6) is 0.667. The van der Waals surface area contributed by atoms with Crippen LogP contribution >= 0.6 is 0 Å². The highest BCUT2D eigenvalue weighted by Crippen LogP contribution is 2.39. The van der Waals surface area contributed by atoms with Gasteiger partial charge in [0.05, 0.1) is 12.2 Å². The molecule has 0 amide bonds. The second kappa shape index (κ2) is 4.43. The zero-order valence-corrected chi connectivity index (χ0v) is 10.4. The molecule has 1 aromatic rings. The molecule has 1 heterocycles. The lowest BCUT2D eigenvalue weighted by Crippen LogP contribution is -2.38. The fraction of sp³-hybridized carbons (Fsp3) is 0.600. The summed E-state index contributed by atoms with van der Waals surface area (Å²) in [6, 6.07) is 8.93. The van der Waals surface area contributed by atoms with E-state index in [1.807, 2.05) is 0 Å². The molecule has 2 heteroatoms. The zero-order valence-electron chi connectivity index (χ0n) is 10.4. The Hall–Kier alpha value is -0.860. The summed E-state index contributed by atoms with van der Waals surface area (Å²) in [6.45, 7) is 2.14. The minimum absolute atomic E-state index is 0.207. The van der Waals surface area contributed by atoms with Crippen molar-refractivity contribution in [1.29, 1.82) is 0 Å². The maximum atomic E-state index is 6.28. The van der Waals surface area contributed by atoms with Crippen LogP contribution in [0.3, 0.4) is 0 Å². The van der Waals surface area contributed by atoms with Crippen LogP contribution in [-0.4, -0.2) is 18.2 Å². The number of hydrogen-bond acceptors (Lipinski definition) is 2. The molecule has 17 heavy (non-hydrogen) atoms. The summed E-state index contributed by atoms with van der Waals surface area (Å²) in [7, 11) is 0. The summed E-state index contributed by atoms with van der Waals surface area (Å²) < 4.78 is 5.86. The quantitative estimate of drug-likeness (QED) is 0.868. The molecule has 2 N–H and O–H groups in total. The number of rotatable bonds is 3. The minimum atomic E-state index is 0.207. The van der Waals surface area contributed by atoms with Crippen molar-refractivity contribution in [3.05, 3.63) is 35.4 Å². The van der Waals surface area contributed by atoms with Gasteiger partial charge in [-0.2, -0.15) is 0 Å². The van der Waals surface area contributed by atoms with Crippen molar-refractivity contribution in [3.63, 3.8) is 0 Å². The maximum absolute atomic E-state index is 6.28. The number of ether oxygens (including phenoxy) is 1. The van der Waals surface area contributed by atoms with E-state index in [1.165, 1.54) is 24.0 Å². The highest BCUT2D eigenvalue weighted by atomic mass is 16.5. The van der Waals surface area contributed by atoms with Crippen LogP contribution in [0.2, 0.25) is 0 Å². The monoisotopic (exact) mass is 231 g/mol. The third-order valence-corrected chi connectivity index (χ3v) is 4.26. The van der Waals surface area contributed by atoms with Gasteiger partial charge >= 0.3 is 0 Å². The van der Waals surface area contributed by atoms with Gasteiger partial charge in [0.1, 0.15) is 0 Å². The summed E-state index contributed by atoms with van der Waals surface area (Å²) in [6.07, 6.45) is 5.27. The van der Waals surface area contributed by atoms with Crippen molar-refractivity contribution in [2.75, 3.05) is 0 Å². The van der Waals surface area contributed by atoms with E-state index >= 15 is 0 Å². The topological polar surface area (TPSA) is 35.2 Å². The molecular formula is C15H21NO. The van der Waals surface area contributed by atoms with Crippen LogP contribution in [0.4, 0.5) is 0 Å². The predicted octanol–water partition coefficient (Wildman–Crippen LogP) is 2.61. The van der Waals surface area contributed by atoms with Gasteiger partial charge in [-0.25, -0.2) is 0 Å². The molecule has 1 fully saturated rings. The molecule has 1 aliphatic heterocycles. The molecule has 4 atom stereocenters. The highest BCUT2D eigenvalue weighted by Gasteiger charge is 2.32. The molecule has 0 aromatic heterocycles. The summed E-state index contributed by atoms with van der Waals surface area (Å²) >= 11 is 0. The lowest BCUT2D eigenvalue weighted by Gasteiger charge is -2.33. The van der Waals surface area contributed by atoms with Crippen LogP contribution in [0, 0.1) is 0 Å². The smallest absolute Gasteiger partial charge is 0.0730 e. The van der Waals surface area contributed by atoms with Gasteiger partial charge in [0, 0.05) is 6.04 Å². The van der Waals surface area contributed by atoms with Gasteiger partial charge in [-0.05, 0) is 49.7 Å². The average Bonchev–Trinajstić information content (AvgIpc) is 2.73. The van der Waals surface area contributed by atoms with Gasteiger partial charge in [0.2, 0.25) is 0 Å². The van der Waals surface area contributed by atoms with E-state index < -0.39 is 0 Å². The highest BCUT2D eigenvalue weighted by molar-refractivity contribution is 5.39. The Kier molecular flexibility index (Phi) is 2.93. The fourth-order valence-corrected chi connectivity index (χ4v) is 3.20. The normalized spacial score (nSPS) is 32.9. The van der Waals surface area contributed by atoms with Gasteiger partial charge in [0.25, 0.3) is 0 Å². The molecule has 0 radical (unpaired) electrons. The number of hydrogen-bond donors (Lipinski definition) is 1. The van der Waals surface area contributed by atoms with E-state index in [4.69, 9.17) is 10.5 Å². The number of fused-ring (bicyclic) bond motifs is 1. The average molecular weight is 231 g/mol. The molecule has 2 aliphatic rings. The summed E-state index contributed by atoms with van der Waals surface area (Å²) in [5, 5.41) is 0. The minimum Gasteiger partial charge on any atom is -0.374 e. The maximum Gasteiger partial charge on any atom is 0.0730 e. The molecule has 1 aromatic carbocycles. The Labute approximate surface area is 103 Å². The van der Waals surface area contributed by atoms with Gasteiger partial charge in [-0.15, -0.1) is 0 Å². The Balaban J connectivity index is 1.59. The van der Waals surface area contributed by atoms with E-state index in [2.05, 4.69) is 31.2 Å². The molecular weight excluding hydrogens is 210 g/mol. The Morgan fingerprint density at radius 1 is 1.35 bits per heavy atom. The van der Waals surface area contributed by atoms with Gasteiger partial charge in [0.15, 0.2) is 0 Å². The summed E-state index contributed by atoms with van der Waals surface area (Å²) in [5.41, 5.74) is 9.30. The second-order valence-corrected chi connectivity index (χ2v) is 5.56. The van der Waals surface area contributed by atoms with Crippen LogP contribution in [0.1, 0.15) is 43.2 Å². The molecule has 4 unspecified atom stereocenters. The first-order chi connectivity index (χ1) is 8.24. The van der Waals surface area contributed by atoms with Gasteiger partial charge < -0.3 is 10.5 Å². The van der Waals surface area contributed by atoms with E-state index in [9.17, 15) is 0 Å². The fourth-order valence-electron chi connectivity index (χ4n) is 3.20. The van der Waals surface area contributed by atoms with E-state index in [0.29, 0.717) is 12.0 Å².